The van der Waals surface area contributed by atoms with Crippen molar-refractivity contribution >= 4 is 11.8 Å². The Morgan fingerprint density at radius 3 is 2.47 bits per heavy atom. The van der Waals surface area contributed by atoms with E-state index in [1.54, 1.807) is 18.2 Å². The lowest BCUT2D eigenvalue weighted by atomic mass is 10.1. The van der Waals surface area contributed by atoms with Crippen LogP contribution >= 0.6 is 11.8 Å². The number of aromatic nitrogens is 3. The summed E-state index contributed by atoms with van der Waals surface area (Å²) in [6.45, 7) is 6.38. The average molecular weight is 483 g/mol. The van der Waals surface area contributed by atoms with Gasteiger partial charge in [-0.25, -0.2) is 0 Å². The number of terminal acetylenes is 1. The Morgan fingerprint density at radius 2 is 1.82 bits per heavy atom. The zero-order chi connectivity index (χ0) is 24.5. The highest BCUT2D eigenvalue weighted by molar-refractivity contribution is 7.99. The molecule has 0 spiro atoms. The van der Waals surface area contributed by atoms with Crippen molar-refractivity contribution < 1.29 is 19.1 Å². The van der Waals surface area contributed by atoms with Crippen molar-refractivity contribution in [2.24, 2.45) is 0 Å². The Bertz CT molecular complexity index is 1160. The minimum Gasteiger partial charge on any atom is -0.494 e. The maximum absolute atomic E-state index is 11.5. The van der Waals surface area contributed by atoms with E-state index in [1.807, 2.05) is 49.6 Å². The Kier molecular flexibility index (Phi) is 8.76. The molecular weight excluding hydrogens is 456 g/mol. The molecule has 0 unspecified atom stereocenters. The van der Waals surface area contributed by atoms with Gasteiger partial charge >= 0.3 is 0 Å². The second-order valence-corrected chi connectivity index (χ2v) is 8.22. The van der Waals surface area contributed by atoms with Crippen molar-refractivity contribution in [3.05, 3.63) is 64.0 Å². The predicted molar refractivity (Wildman–Crippen MR) is 130 cm³/mol. The van der Waals surface area contributed by atoms with Gasteiger partial charge in [-0.15, -0.1) is 16.6 Å². The van der Waals surface area contributed by atoms with Crippen molar-refractivity contribution in [2.75, 3.05) is 26.4 Å². The minimum absolute atomic E-state index is 0.0942. The Labute approximate surface area is 202 Å². The first-order chi connectivity index (χ1) is 16.5. The van der Waals surface area contributed by atoms with Gasteiger partial charge in [0.05, 0.1) is 13.2 Å². The summed E-state index contributed by atoms with van der Waals surface area (Å²) in [5.74, 6) is 4.81. The fourth-order valence-corrected chi connectivity index (χ4v) is 4.44. The molecule has 0 saturated heterocycles. The molecule has 0 aliphatic heterocycles. The van der Waals surface area contributed by atoms with Crippen LogP contribution in [0.25, 0.3) is 5.69 Å². The van der Waals surface area contributed by atoms with E-state index >= 15 is 0 Å². The lowest BCUT2D eigenvalue weighted by Crippen LogP contribution is -2.12. The van der Waals surface area contributed by atoms with E-state index in [2.05, 4.69) is 16.1 Å². The SMILES string of the molecule is C#CCOc1ccc([C@@H](C[N+](=O)[O-])Sc2nnc(C)n2-c2ccc(OCC)cc2)cc1OCC. The van der Waals surface area contributed by atoms with Crippen LogP contribution in [0.5, 0.6) is 17.2 Å². The van der Waals surface area contributed by atoms with E-state index in [1.165, 1.54) is 11.8 Å². The number of ether oxygens (including phenoxy) is 3. The van der Waals surface area contributed by atoms with Crippen LogP contribution in [0.2, 0.25) is 0 Å². The average Bonchev–Trinajstić information content (AvgIpc) is 3.18. The Morgan fingerprint density at radius 1 is 1.09 bits per heavy atom. The minimum atomic E-state index is -0.541. The Hall–Kier alpha value is -3.71. The fourth-order valence-electron chi connectivity index (χ4n) is 3.28. The highest BCUT2D eigenvalue weighted by atomic mass is 32.2. The maximum Gasteiger partial charge on any atom is 0.220 e. The van der Waals surface area contributed by atoms with Crippen molar-refractivity contribution in [3.8, 4) is 35.3 Å². The number of nitro groups is 1. The molecule has 0 saturated carbocycles. The third kappa shape index (κ3) is 6.20. The van der Waals surface area contributed by atoms with Crippen LogP contribution in [0, 0.1) is 29.4 Å². The standard InChI is InChI=1S/C24H26N4O5S/c1-5-14-33-21-13-8-18(15-22(21)32-7-3)23(16-27(29)30)34-24-26-25-17(4)28(24)19-9-11-20(12-10-19)31-6-2/h1,8-13,15,23H,6-7,14,16H2,2-4H3/t23-/m1/s1. The molecule has 0 aliphatic rings. The lowest BCUT2D eigenvalue weighted by molar-refractivity contribution is -0.479. The van der Waals surface area contributed by atoms with Crippen LogP contribution in [0.1, 0.15) is 30.5 Å². The molecule has 34 heavy (non-hydrogen) atoms. The quantitative estimate of drug-likeness (QED) is 0.161. The van der Waals surface area contributed by atoms with Crippen LogP contribution in [-0.2, 0) is 0 Å². The third-order valence-corrected chi connectivity index (χ3v) is 5.89. The summed E-state index contributed by atoms with van der Waals surface area (Å²) in [5, 5.41) is 20.0. The molecule has 1 atom stereocenters. The predicted octanol–water partition coefficient (Wildman–Crippen LogP) is 4.50. The summed E-state index contributed by atoms with van der Waals surface area (Å²) < 4.78 is 18.6. The van der Waals surface area contributed by atoms with Crippen molar-refractivity contribution in [1.29, 1.82) is 0 Å². The molecule has 0 radical (unpaired) electrons. The summed E-state index contributed by atoms with van der Waals surface area (Å²) >= 11 is 1.27. The zero-order valence-electron chi connectivity index (χ0n) is 19.3. The molecule has 2 aromatic carbocycles. The topological polar surface area (TPSA) is 102 Å². The number of rotatable bonds is 12. The monoisotopic (exact) mass is 482 g/mol. The molecule has 10 heteroatoms. The summed E-state index contributed by atoms with van der Waals surface area (Å²) in [6, 6.07) is 12.8. The van der Waals surface area contributed by atoms with Crippen molar-refractivity contribution in [3.63, 3.8) is 0 Å². The van der Waals surface area contributed by atoms with Crippen molar-refractivity contribution in [2.45, 2.75) is 31.2 Å². The van der Waals surface area contributed by atoms with E-state index in [0.717, 1.165) is 11.4 Å². The van der Waals surface area contributed by atoms with Gasteiger partial charge < -0.3 is 14.2 Å². The number of nitrogens with zero attached hydrogens (tertiary/aromatic N) is 4. The van der Waals surface area contributed by atoms with Gasteiger partial charge in [-0.3, -0.25) is 14.7 Å². The first-order valence-electron chi connectivity index (χ1n) is 10.7. The first kappa shape index (κ1) is 24.9. The van der Waals surface area contributed by atoms with Gasteiger partial charge in [0.2, 0.25) is 6.54 Å². The summed E-state index contributed by atoms with van der Waals surface area (Å²) in [5.41, 5.74) is 1.54. The molecule has 0 aliphatic carbocycles. The van der Waals surface area contributed by atoms with Gasteiger partial charge in [-0.05, 0) is 62.7 Å². The molecule has 9 nitrogen and oxygen atoms in total. The molecule has 178 valence electrons. The smallest absolute Gasteiger partial charge is 0.220 e. The number of hydrogen-bond donors (Lipinski definition) is 0. The summed E-state index contributed by atoms with van der Waals surface area (Å²) in [6.07, 6.45) is 5.29. The molecule has 0 bridgehead atoms. The zero-order valence-corrected chi connectivity index (χ0v) is 20.1. The van der Waals surface area contributed by atoms with Gasteiger partial charge in [-0.1, -0.05) is 23.7 Å². The highest BCUT2D eigenvalue weighted by Crippen LogP contribution is 2.39. The van der Waals surface area contributed by atoms with Crippen molar-refractivity contribution in [1.82, 2.24) is 14.8 Å². The number of thioether (sulfide) groups is 1. The molecular formula is C24H26N4O5S. The lowest BCUT2D eigenvalue weighted by Gasteiger charge is -2.17. The highest BCUT2D eigenvalue weighted by Gasteiger charge is 2.25. The van der Waals surface area contributed by atoms with E-state index in [4.69, 9.17) is 20.6 Å². The largest absolute Gasteiger partial charge is 0.494 e. The van der Waals surface area contributed by atoms with Gasteiger partial charge in [0, 0.05) is 10.6 Å². The van der Waals surface area contributed by atoms with E-state index in [-0.39, 0.29) is 18.1 Å². The normalized spacial score (nSPS) is 11.5. The van der Waals surface area contributed by atoms with E-state index in [0.29, 0.717) is 41.3 Å². The number of benzene rings is 2. The summed E-state index contributed by atoms with van der Waals surface area (Å²) in [4.78, 5) is 11.2. The second-order valence-electron chi connectivity index (χ2n) is 7.05. The van der Waals surface area contributed by atoms with Crippen LogP contribution in [-0.4, -0.2) is 46.1 Å². The molecule has 3 aromatic rings. The Balaban J connectivity index is 1.94. The molecule has 0 N–H and O–H groups in total. The molecule has 0 fully saturated rings. The molecule has 0 amide bonds. The molecule has 1 aromatic heterocycles. The van der Waals surface area contributed by atoms with E-state index in [9.17, 15) is 10.1 Å². The molecule has 3 rings (SSSR count). The van der Waals surface area contributed by atoms with Gasteiger partial charge in [0.25, 0.3) is 0 Å². The van der Waals surface area contributed by atoms with Crippen LogP contribution in [0.15, 0.2) is 47.6 Å². The number of aryl methyl sites for hydroxylation is 1. The van der Waals surface area contributed by atoms with Crippen LogP contribution in [0.3, 0.4) is 0 Å². The van der Waals surface area contributed by atoms with Gasteiger partial charge in [0.15, 0.2) is 16.7 Å². The van der Waals surface area contributed by atoms with Gasteiger partial charge in [-0.2, -0.15) is 0 Å². The first-order valence-corrected chi connectivity index (χ1v) is 11.6. The van der Waals surface area contributed by atoms with Gasteiger partial charge in [0.1, 0.15) is 23.4 Å². The van der Waals surface area contributed by atoms with Crippen LogP contribution < -0.4 is 14.2 Å². The van der Waals surface area contributed by atoms with E-state index < -0.39 is 5.25 Å². The van der Waals surface area contributed by atoms with Crippen LogP contribution in [0.4, 0.5) is 0 Å². The summed E-state index contributed by atoms with van der Waals surface area (Å²) in [7, 11) is 0. The fraction of sp³-hybridized carbons (Fsp3) is 0.333. The second kappa shape index (κ2) is 12.0. The molecule has 1 heterocycles. The third-order valence-electron chi connectivity index (χ3n) is 4.71. The maximum atomic E-state index is 11.5. The number of hydrogen-bond acceptors (Lipinski definition) is 8.